The van der Waals surface area contributed by atoms with Crippen LogP contribution in [-0.2, 0) is 9.59 Å². The molecule has 0 aromatic rings. The molecule has 0 saturated heterocycles. The third-order valence-electron chi connectivity index (χ3n) is 3.20. The molecule has 1 saturated carbocycles. The highest BCUT2D eigenvalue weighted by Crippen LogP contribution is 2.43. The molecule has 0 radical (unpaired) electrons. The predicted molar refractivity (Wildman–Crippen MR) is 60.1 cm³/mol. The van der Waals surface area contributed by atoms with Crippen molar-refractivity contribution in [1.29, 1.82) is 0 Å². The molecule has 0 bridgehead atoms. The van der Waals surface area contributed by atoms with Gasteiger partial charge in [0, 0.05) is 19.5 Å². The highest BCUT2D eigenvalue weighted by molar-refractivity contribution is 5.76. The second-order valence-electron chi connectivity index (χ2n) is 4.55. The summed E-state index contributed by atoms with van der Waals surface area (Å²) >= 11 is 0. The summed E-state index contributed by atoms with van der Waals surface area (Å²) in [7, 11) is 1.80. The van der Waals surface area contributed by atoms with Crippen LogP contribution in [0.4, 0.5) is 0 Å². The number of carbonyl (C=O) groups is 2. The minimum atomic E-state index is -0.774. The summed E-state index contributed by atoms with van der Waals surface area (Å²) in [6, 6.07) is 0. The van der Waals surface area contributed by atoms with E-state index in [1.165, 1.54) is 0 Å². The summed E-state index contributed by atoms with van der Waals surface area (Å²) < 4.78 is 0. The molecule has 1 amide bonds. The fraction of sp³-hybridized carbons (Fsp3) is 0.818. The van der Waals surface area contributed by atoms with E-state index in [-0.39, 0.29) is 17.7 Å². The summed E-state index contributed by atoms with van der Waals surface area (Å²) in [6.07, 6.45) is 3.50. The van der Waals surface area contributed by atoms with E-state index in [4.69, 9.17) is 5.11 Å². The van der Waals surface area contributed by atoms with Crippen molar-refractivity contribution < 1.29 is 14.7 Å². The van der Waals surface area contributed by atoms with E-state index in [1.54, 1.807) is 7.05 Å². The standard InChI is InChI=1S/C11H20N2O3/c1-12-6-3-9(14)13-8-11(4-2-5-11)7-10(15)16/h12H,2-8H2,1H3,(H,13,14)(H,15,16). The zero-order valence-corrected chi connectivity index (χ0v) is 9.71. The second kappa shape index (κ2) is 5.84. The van der Waals surface area contributed by atoms with Crippen molar-refractivity contribution in [3.63, 3.8) is 0 Å². The molecule has 0 atom stereocenters. The minimum absolute atomic E-state index is 0.00832. The first-order chi connectivity index (χ1) is 7.58. The number of hydrogen-bond donors (Lipinski definition) is 3. The first-order valence-electron chi connectivity index (χ1n) is 5.71. The minimum Gasteiger partial charge on any atom is -0.481 e. The number of carboxylic acids is 1. The zero-order chi connectivity index (χ0) is 12.0. The first kappa shape index (κ1) is 13.0. The van der Waals surface area contributed by atoms with Crippen LogP contribution >= 0.6 is 0 Å². The maximum atomic E-state index is 11.4. The second-order valence-corrected chi connectivity index (χ2v) is 4.55. The van der Waals surface area contributed by atoms with Gasteiger partial charge in [-0.15, -0.1) is 0 Å². The fourth-order valence-electron chi connectivity index (χ4n) is 2.03. The lowest BCUT2D eigenvalue weighted by Crippen LogP contribution is -2.43. The fourth-order valence-corrected chi connectivity index (χ4v) is 2.03. The molecule has 16 heavy (non-hydrogen) atoms. The summed E-state index contributed by atoms with van der Waals surface area (Å²) in [5.41, 5.74) is -0.179. The molecule has 1 aliphatic rings. The maximum absolute atomic E-state index is 11.4. The molecule has 92 valence electrons. The molecule has 1 fully saturated rings. The van der Waals surface area contributed by atoms with Crippen LogP contribution in [0.5, 0.6) is 0 Å². The molecule has 5 heteroatoms. The molecular formula is C11H20N2O3. The van der Waals surface area contributed by atoms with Gasteiger partial charge in [-0.05, 0) is 25.3 Å². The van der Waals surface area contributed by atoms with Crippen LogP contribution in [0.25, 0.3) is 0 Å². The van der Waals surface area contributed by atoms with Crippen molar-refractivity contribution in [1.82, 2.24) is 10.6 Å². The van der Waals surface area contributed by atoms with Gasteiger partial charge in [0.05, 0.1) is 6.42 Å². The third-order valence-corrected chi connectivity index (χ3v) is 3.20. The Labute approximate surface area is 95.6 Å². The number of hydrogen-bond acceptors (Lipinski definition) is 3. The van der Waals surface area contributed by atoms with Crippen LogP contribution in [0.2, 0.25) is 0 Å². The number of carbonyl (C=O) groups excluding carboxylic acids is 1. The Morgan fingerprint density at radius 3 is 2.50 bits per heavy atom. The highest BCUT2D eigenvalue weighted by atomic mass is 16.4. The lowest BCUT2D eigenvalue weighted by molar-refractivity contribution is -0.141. The van der Waals surface area contributed by atoms with E-state index >= 15 is 0 Å². The summed E-state index contributed by atoms with van der Waals surface area (Å²) in [5.74, 6) is -0.782. The van der Waals surface area contributed by atoms with Crippen LogP contribution in [0.1, 0.15) is 32.1 Å². The van der Waals surface area contributed by atoms with E-state index in [9.17, 15) is 9.59 Å². The van der Waals surface area contributed by atoms with Gasteiger partial charge in [0.2, 0.25) is 5.91 Å². The highest BCUT2D eigenvalue weighted by Gasteiger charge is 2.39. The van der Waals surface area contributed by atoms with Crippen molar-refractivity contribution in [3.05, 3.63) is 0 Å². The maximum Gasteiger partial charge on any atom is 0.303 e. The molecule has 0 aromatic heterocycles. The van der Waals surface area contributed by atoms with Gasteiger partial charge in [-0.1, -0.05) is 6.42 Å². The molecule has 1 aliphatic carbocycles. The Morgan fingerprint density at radius 1 is 1.38 bits per heavy atom. The van der Waals surface area contributed by atoms with E-state index < -0.39 is 5.97 Å². The predicted octanol–water partition coefficient (Wildman–Crippen LogP) is 0.357. The van der Waals surface area contributed by atoms with Gasteiger partial charge >= 0.3 is 5.97 Å². The summed E-state index contributed by atoms with van der Waals surface area (Å²) in [6.45, 7) is 1.15. The van der Waals surface area contributed by atoms with Gasteiger partial charge in [-0.25, -0.2) is 0 Å². The largest absolute Gasteiger partial charge is 0.481 e. The van der Waals surface area contributed by atoms with Crippen molar-refractivity contribution in [2.45, 2.75) is 32.1 Å². The van der Waals surface area contributed by atoms with Gasteiger partial charge in [0.25, 0.3) is 0 Å². The van der Waals surface area contributed by atoms with Gasteiger partial charge in [0.15, 0.2) is 0 Å². The van der Waals surface area contributed by atoms with Crippen LogP contribution in [0, 0.1) is 5.41 Å². The lowest BCUT2D eigenvalue weighted by Gasteiger charge is -2.40. The molecule has 0 aliphatic heterocycles. The smallest absolute Gasteiger partial charge is 0.303 e. The zero-order valence-electron chi connectivity index (χ0n) is 9.71. The van der Waals surface area contributed by atoms with Crippen LogP contribution in [0.3, 0.4) is 0 Å². The molecule has 3 N–H and O–H groups in total. The van der Waals surface area contributed by atoms with Gasteiger partial charge in [0.1, 0.15) is 0 Å². The summed E-state index contributed by atoms with van der Waals surface area (Å²) in [5, 5.41) is 14.5. The number of amides is 1. The van der Waals surface area contributed by atoms with E-state index in [0.29, 0.717) is 19.5 Å². The third kappa shape index (κ3) is 3.81. The van der Waals surface area contributed by atoms with Crippen molar-refractivity contribution >= 4 is 11.9 Å². The summed E-state index contributed by atoms with van der Waals surface area (Å²) in [4.78, 5) is 22.1. The Kier molecular flexibility index (Phi) is 4.73. The number of carboxylic acid groups (broad SMARTS) is 1. The molecule has 0 unspecified atom stereocenters. The van der Waals surface area contributed by atoms with Crippen LogP contribution in [0.15, 0.2) is 0 Å². The first-order valence-corrected chi connectivity index (χ1v) is 5.71. The Morgan fingerprint density at radius 2 is 2.06 bits per heavy atom. The normalized spacial score (nSPS) is 17.6. The Hall–Kier alpha value is -1.10. The van der Waals surface area contributed by atoms with Crippen molar-refractivity contribution in [3.8, 4) is 0 Å². The Bertz CT molecular complexity index is 262. The van der Waals surface area contributed by atoms with Gasteiger partial charge < -0.3 is 15.7 Å². The SMILES string of the molecule is CNCCC(=O)NCC1(CC(=O)O)CCC1. The van der Waals surface area contributed by atoms with Crippen molar-refractivity contribution in [2.24, 2.45) is 5.41 Å². The topological polar surface area (TPSA) is 78.4 Å². The van der Waals surface area contributed by atoms with E-state index in [0.717, 1.165) is 19.3 Å². The molecule has 0 spiro atoms. The van der Waals surface area contributed by atoms with Crippen LogP contribution < -0.4 is 10.6 Å². The molecule has 0 aromatic carbocycles. The number of aliphatic carboxylic acids is 1. The number of nitrogens with one attached hydrogen (secondary N) is 2. The van der Waals surface area contributed by atoms with Crippen molar-refractivity contribution in [2.75, 3.05) is 20.1 Å². The van der Waals surface area contributed by atoms with E-state index in [1.807, 2.05) is 0 Å². The lowest BCUT2D eigenvalue weighted by atomic mass is 9.66. The molecule has 0 heterocycles. The van der Waals surface area contributed by atoms with Crippen LogP contribution in [-0.4, -0.2) is 37.1 Å². The number of rotatable bonds is 7. The molecule has 1 rings (SSSR count). The monoisotopic (exact) mass is 228 g/mol. The molecule has 5 nitrogen and oxygen atoms in total. The quantitative estimate of drug-likeness (QED) is 0.588. The van der Waals surface area contributed by atoms with Gasteiger partial charge in [-0.3, -0.25) is 9.59 Å². The Balaban J connectivity index is 2.28. The average molecular weight is 228 g/mol. The average Bonchev–Trinajstić information content (AvgIpc) is 2.18. The molecular weight excluding hydrogens is 208 g/mol. The van der Waals surface area contributed by atoms with E-state index in [2.05, 4.69) is 10.6 Å². The van der Waals surface area contributed by atoms with Gasteiger partial charge in [-0.2, -0.15) is 0 Å².